The minimum atomic E-state index is -0.441. The SMILES string of the molecule is O=C(C1CCN(c2ccc(Cl)cn2)CC1)N1CCC(C(O)c2ccccc2)CC1. The van der Waals surface area contributed by atoms with Crippen molar-refractivity contribution >= 4 is 23.3 Å². The van der Waals surface area contributed by atoms with Crippen LogP contribution < -0.4 is 4.90 Å². The van der Waals surface area contributed by atoms with Crippen molar-refractivity contribution in [3.63, 3.8) is 0 Å². The maximum atomic E-state index is 13.0. The van der Waals surface area contributed by atoms with Crippen molar-refractivity contribution in [1.29, 1.82) is 0 Å². The Bertz CT molecular complexity index is 799. The van der Waals surface area contributed by atoms with Gasteiger partial charge in [0.1, 0.15) is 5.82 Å². The third kappa shape index (κ3) is 4.73. The quantitative estimate of drug-likeness (QED) is 0.825. The number of amides is 1. The van der Waals surface area contributed by atoms with Crippen LogP contribution in [-0.4, -0.2) is 47.1 Å². The second-order valence-electron chi connectivity index (χ2n) is 8.11. The highest BCUT2D eigenvalue weighted by Crippen LogP contribution is 2.32. The number of pyridine rings is 1. The zero-order valence-electron chi connectivity index (χ0n) is 16.6. The number of benzene rings is 1. The van der Waals surface area contributed by atoms with E-state index in [4.69, 9.17) is 11.6 Å². The number of aliphatic hydroxyl groups excluding tert-OH is 1. The lowest BCUT2D eigenvalue weighted by atomic mass is 9.86. The van der Waals surface area contributed by atoms with Gasteiger partial charge in [0.15, 0.2) is 0 Å². The number of halogens is 1. The molecule has 2 fully saturated rings. The molecule has 29 heavy (non-hydrogen) atoms. The molecule has 2 saturated heterocycles. The molecular weight excluding hydrogens is 386 g/mol. The first kappa shape index (κ1) is 20.2. The summed E-state index contributed by atoms with van der Waals surface area (Å²) in [4.78, 5) is 21.6. The first-order chi connectivity index (χ1) is 14.1. The van der Waals surface area contributed by atoms with Gasteiger partial charge in [-0.05, 0) is 49.3 Å². The van der Waals surface area contributed by atoms with Gasteiger partial charge in [0.25, 0.3) is 0 Å². The van der Waals surface area contributed by atoms with Gasteiger partial charge in [-0.1, -0.05) is 41.9 Å². The van der Waals surface area contributed by atoms with Crippen LogP contribution in [0.25, 0.3) is 0 Å². The summed E-state index contributed by atoms with van der Waals surface area (Å²) in [7, 11) is 0. The molecule has 0 bridgehead atoms. The lowest BCUT2D eigenvalue weighted by Gasteiger charge is -2.38. The Labute approximate surface area is 177 Å². The van der Waals surface area contributed by atoms with Crippen molar-refractivity contribution in [2.24, 2.45) is 11.8 Å². The Morgan fingerprint density at radius 1 is 1.00 bits per heavy atom. The van der Waals surface area contributed by atoms with Crippen LogP contribution in [0.5, 0.6) is 0 Å². The van der Waals surface area contributed by atoms with E-state index in [9.17, 15) is 9.90 Å². The third-order valence-corrected chi connectivity index (χ3v) is 6.54. The van der Waals surface area contributed by atoms with Gasteiger partial charge in [0, 0.05) is 38.3 Å². The van der Waals surface area contributed by atoms with Crippen molar-refractivity contribution in [2.75, 3.05) is 31.1 Å². The molecule has 0 saturated carbocycles. The highest BCUT2D eigenvalue weighted by atomic mass is 35.5. The van der Waals surface area contributed by atoms with E-state index in [0.29, 0.717) is 5.02 Å². The predicted octanol–water partition coefficient (Wildman–Crippen LogP) is 3.92. The van der Waals surface area contributed by atoms with Crippen LogP contribution in [0.15, 0.2) is 48.7 Å². The molecule has 2 aliphatic rings. The first-order valence-electron chi connectivity index (χ1n) is 10.5. The standard InChI is InChI=1S/C23H28ClN3O2/c24-20-6-7-21(25-16-20)26-12-10-19(11-13-26)23(29)27-14-8-18(9-15-27)22(28)17-4-2-1-3-5-17/h1-7,16,18-19,22,28H,8-15H2. The molecule has 5 nitrogen and oxygen atoms in total. The lowest BCUT2D eigenvalue weighted by molar-refractivity contribution is -0.138. The zero-order chi connectivity index (χ0) is 20.2. The third-order valence-electron chi connectivity index (χ3n) is 6.32. The summed E-state index contributed by atoms with van der Waals surface area (Å²) in [5.74, 6) is 1.52. The lowest BCUT2D eigenvalue weighted by Crippen LogP contribution is -2.46. The molecule has 3 heterocycles. The van der Waals surface area contributed by atoms with E-state index in [1.54, 1.807) is 6.20 Å². The predicted molar refractivity (Wildman–Crippen MR) is 115 cm³/mol. The summed E-state index contributed by atoms with van der Waals surface area (Å²) >= 11 is 5.92. The van der Waals surface area contributed by atoms with Gasteiger partial charge >= 0.3 is 0 Å². The number of carbonyl (C=O) groups is 1. The smallest absolute Gasteiger partial charge is 0.225 e. The van der Waals surface area contributed by atoms with Crippen molar-refractivity contribution < 1.29 is 9.90 Å². The number of aliphatic hydroxyl groups is 1. The Morgan fingerprint density at radius 2 is 1.69 bits per heavy atom. The summed E-state index contributed by atoms with van der Waals surface area (Å²) in [6.45, 7) is 3.17. The average Bonchev–Trinajstić information content (AvgIpc) is 2.79. The van der Waals surface area contributed by atoms with E-state index in [0.717, 1.165) is 63.2 Å². The van der Waals surface area contributed by atoms with Gasteiger partial charge in [-0.2, -0.15) is 0 Å². The summed E-state index contributed by atoms with van der Waals surface area (Å²) in [5.41, 5.74) is 0.973. The highest BCUT2D eigenvalue weighted by molar-refractivity contribution is 6.30. The molecule has 154 valence electrons. The van der Waals surface area contributed by atoms with Crippen molar-refractivity contribution in [1.82, 2.24) is 9.88 Å². The van der Waals surface area contributed by atoms with Crippen LogP contribution in [0.1, 0.15) is 37.4 Å². The van der Waals surface area contributed by atoms with Gasteiger partial charge in [-0.3, -0.25) is 4.79 Å². The maximum Gasteiger partial charge on any atom is 0.225 e. The zero-order valence-corrected chi connectivity index (χ0v) is 17.3. The second kappa shape index (κ2) is 9.14. The molecule has 6 heteroatoms. The molecule has 0 aliphatic carbocycles. The van der Waals surface area contributed by atoms with E-state index >= 15 is 0 Å². The van der Waals surface area contributed by atoms with Crippen LogP contribution >= 0.6 is 11.6 Å². The second-order valence-corrected chi connectivity index (χ2v) is 8.55. The fourth-order valence-corrected chi connectivity index (χ4v) is 4.64. The van der Waals surface area contributed by atoms with Crippen molar-refractivity contribution in [3.05, 3.63) is 59.2 Å². The molecule has 1 aromatic carbocycles. The molecule has 2 aromatic rings. The number of hydrogen-bond acceptors (Lipinski definition) is 4. The van der Waals surface area contributed by atoms with E-state index in [1.165, 1.54) is 0 Å². The summed E-state index contributed by atoms with van der Waals surface area (Å²) < 4.78 is 0. The molecule has 2 aliphatic heterocycles. The summed E-state index contributed by atoms with van der Waals surface area (Å²) in [6.07, 6.45) is 4.65. The topological polar surface area (TPSA) is 56.7 Å². The first-order valence-corrected chi connectivity index (χ1v) is 10.9. The van der Waals surface area contributed by atoms with Gasteiger partial charge in [0.2, 0.25) is 5.91 Å². The fourth-order valence-electron chi connectivity index (χ4n) is 4.53. The van der Waals surface area contributed by atoms with Crippen LogP contribution in [0.3, 0.4) is 0 Å². The fraction of sp³-hybridized carbons (Fsp3) is 0.478. The van der Waals surface area contributed by atoms with Gasteiger partial charge in [0.05, 0.1) is 11.1 Å². The number of aromatic nitrogens is 1. The van der Waals surface area contributed by atoms with E-state index < -0.39 is 6.10 Å². The molecule has 1 N–H and O–H groups in total. The molecule has 0 spiro atoms. The molecule has 1 atom stereocenters. The molecule has 0 radical (unpaired) electrons. The number of carbonyl (C=O) groups excluding carboxylic acids is 1. The van der Waals surface area contributed by atoms with Gasteiger partial charge in [-0.25, -0.2) is 4.98 Å². The Hall–Kier alpha value is -2.11. The minimum Gasteiger partial charge on any atom is -0.388 e. The minimum absolute atomic E-state index is 0.0918. The van der Waals surface area contributed by atoms with E-state index in [-0.39, 0.29) is 17.7 Å². The Balaban J connectivity index is 1.26. The molecule has 1 amide bonds. The van der Waals surface area contributed by atoms with Crippen molar-refractivity contribution in [3.8, 4) is 0 Å². The summed E-state index contributed by atoms with van der Waals surface area (Å²) in [6, 6.07) is 13.6. The van der Waals surface area contributed by atoms with Crippen LogP contribution in [0, 0.1) is 11.8 Å². The molecule has 1 aromatic heterocycles. The Kier molecular flexibility index (Phi) is 6.36. The van der Waals surface area contributed by atoms with E-state index in [1.807, 2.05) is 47.4 Å². The number of likely N-dealkylation sites (tertiary alicyclic amines) is 1. The number of piperidine rings is 2. The number of nitrogens with zero attached hydrogens (tertiary/aromatic N) is 3. The van der Waals surface area contributed by atoms with Gasteiger partial charge in [-0.15, -0.1) is 0 Å². The number of hydrogen-bond donors (Lipinski definition) is 1. The Morgan fingerprint density at radius 3 is 2.31 bits per heavy atom. The number of anilines is 1. The average molecular weight is 414 g/mol. The normalized spacial score (nSPS) is 19.9. The summed E-state index contributed by atoms with van der Waals surface area (Å²) in [5, 5.41) is 11.3. The van der Waals surface area contributed by atoms with Crippen molar-refractivity contribution in [2.45, 2.75) is 31.8 Å². The van der Waals surface area contributed by atoms with Gasteiger partial charge < -0.3 is 14.9 Å². The number of rotatable bonds is 4. The largest absolute Gasteiger partial charge is 0.388 e. The maximum absolute atomic E-state index is 13.0. The van der Waals surface area contributed by atoms with Crippen LogP contribution in [-0.2, 0) is 4.79 Å². The van der Waals surface area contributed by atoms with Crippen LogP contribution in [0.2, 0.25) is 5.02 Å². The van der Waals surface area contributed by atoms with E-state index in [2.05, 4.69) is 9.88 Å². The molecule has 4 rings (SSSR count). The van der Waals surface area contributed by atoms with Crippen LogP contribution in [0.4, 0.5) is 5.82 Å². The monoisotopic (exact) mass is 413 g/mol. The molecule has 1 unspecified atom stereocenters. The molecular formula is C23H28ClN3O2. The highest BCUT2D eigenvalue weighted by Gasteiger charge is 2.33.